The number of carbonyl (C=O) groups is 1. The molecule has 3 fully saturated rings. The lowest BCUT2D eigenvalue weighted by Gasteiger charge is -2.35. The van der Waals surface area contributed by atoms with Gasteiger partial charge in [-0.25, -0.2) is 4.79 Å². The Morgan fingerprint density at radius 3 is 2.74 bits per heavy atom. The predicted octanol–water partition coefficient (Wildman–Crippen LogP) is 2.81. The molecule has 4 rings (SSSR count). The largest absolute Gasteiger partial charge is 0.465 e. The Hall–Kier alpha value is -1.49. The second-order valence-electron chi connectivity index (χ2n) is 7.23. The van der Waals surface area contributed by atoms with Gasteiger partial charge in [-0.2, -0.15) is 0 Å². The number of hydrogen-bond acceptors (Lipinski definition) is 3. The number of piperidine rings is 1. The Morgan fingerprint density at radius 2 is 2.00 bits per heavy atom. The number of hydrogen-bond donors (Lipinski definition) is 0. The van der Waals surface area contributed by atoms with Crippen LogP contribution in [0.2, 0.25) is 0 Å². The van der Waals surface area contributed by atoms with Crippen LogP contribution in [-0.4, -0.2) is 60.5 Å². The molecule has 3 aliphatic heterocycles. The summed E-state index contributed by atoms with van der Waals surface area (Å²) in [7, 11) is 3.68. The fourth-order valence-corrected chi connectivity index (χ4v) is 3.90. The van der Waals surface area contributed by atoms with Crippen LogP contribution in [0.3, 0.4) is 0 Å². The minimum absolute atomic E-state index is 0.145. The Bertz CT molecular complexity index is 540. The van der Waals surface area contributed by atoms with E-state index in [4.69, 9.17) is 4.42 Å². The molecule has 2 amide bonds. The van der Waals surface area contributed by atoms with Crippen molar-refractivity contribution >= 4 is 6.03 Å². The molecule has 5 nitrogen and oxygen atoms in total. The van der Waals surface area contributed by atoms with Gasteiger partial charge in [0.25, 0.3) is 0 Å². The zero-order valence-corrected chi connectivity index (χ0v) is 14.6. The number of nitrogens with zero attached hydrogens (tertiary/aromatic N) is 3. The van der Waals surface area contributed by atoms with Gasteiger partial charge in [-0.15, -0.1) is 0 Å². The molecule has 5 heteroatoms. The molecular weight excluding hydrogens is 290 g/mol. The highest BCUT2D eigenvalue weighted by molar-refractivity contribution is 5.74. The van der Waals surface area contributed by atoms with E-state index in [1.807, 2.05) is 19.0 Å². The second kappa shape index (κ2) is 6.95. The van der Waals surface area contributed by atoms with Gasteiger partial charge in [0.15, 0.2) is 0 Å². The highest BCUT2D eigenvalue weighted by atomic mass is 16.3. The summed E-state index contributed by atoms with van der Waals surface area (Å²) in [5.41, 5.74) is 0. The van der Waals surface area contributed by atoms with Crippen molar-refractivity contribution in [2.45, 2.75) is 45.2 Å². The van der Waals surface area contributed by atoms with Crippen LogP contribution < -0.4 is 0 Å². The first-order chi connectivity index (χ1) is 11.1. The van der Waals surface area contributed by atoms with Crippen LogP contribution in [0.25, 0.3) is 0 Å². The van der Waals surface area contributed by atoms with Crippen molar-refractivity contribution in [3.8, 4) is 0 Å². The van der Waals surface area contributed by atoms with Gasteiger partial charge in [0, 0.05) is 46.2 Å². The van der Waals surface area contributed by atoms with Crippen molar-refractivity contribution in [1.82, 2.24) is 14.7 Å². The third-order valence-corrected chi connectivity index (χ3v) is 5.05. The first-order valence-corrected chi connectivity index (χ1v) is 8.84. The molecule has 23 heavy (non-hydrogen) atoms. The summed E-state index contributed by atoms with van der Waals surface area (Å²) in [6.45, 7) is 5.85. The van der Waals surface area contributed by atoms with E-state index in [-0.39, 0.29) is 6.03 Å². The smallest absolute Gasteiger partial charge is 0.319 e. The lowest BCUT2D eigenvalue weighted by atomic mass is 9.95. The molecule has 128 valence electrons. The van der Waals surface area contributed by atoms with Crippen molar-refractivity contribution in [2.24, 2.45) is 5.92 Å². The number of amides is 2. The number of urea groups is 1. The summed E-state index contributed by atoms with van der Waals surface area (Å²) in [5, 5.41) is 0. The summed E-state index contributed by atoms with van der Waals surface area (Å²) in [6.07, 6.45) is 4.54. The normalized spacial score (nSPS) is 24.7. The Balaban J connectivity index is 1.66. The maximum absolute atomic E-state index is 12.3. The highest BCUT2D eigenvalue weighted by Gasteiger charge is 2.37. The average Bonchev–Trinajstić information content (AvgIpc) is 2.77. The van der Waals surface area contributed by atoms with Gasteiger partial charge in [0.1, 0.15) is 11.5 Å². The van der Waals surface area contributed by atoms with Gasteiger partial charge in [-0.3, -0.25) is 4.90 Å². The van der Waals surface area contributed by atoms with Gasteiger partial charge in [0.05, 0.1) is 6.54 Å². The number of rotatable bonds is 4. The molecule has 1 aromatic rings. The number of furan rings is 1. The van der Waals surface area contributed by atoms with Crippen LogP contribution in [-0.2, 0) is 13.0 Å². The number of aryl methyl sites for hydroxylation is 1. The van der Waals surface area contributed by atoms with Gasteiger partial charge >= 0.3 is 6.03 Å². The van der Waals surface area contributed by atoms with E-state index in [1.165, 1.54) is 12.8 Å². The van der Waals surface area contributed by atoms with Gasteiger partial charge in [-0.05, 0) is 37.3 Å². The maximum Gasteiger partial charge on any atom is 0.319 e. The van der Waals surface area contributed by atoms with Crippen molar-refractivity contribution in [1.29, 1.82) is 0 Å². The molecule has 0 unspecified atom stereocenters. The van der Waals surface area contributed by atoms with E-state index in [1.54, 1.807) is 4.90 Å². The summed E-state index contributed by atoms with van der Waals surface area (Å²) in [6, 6.07) is 4.83. The van der Waals surface area contributed by atoms with Crippen LogP contribution in [0, 0.1) is 5.92 Å². The lowest BCUT2D eigenvalue weighted by molar-refractivity contribution is 0.114. The molecule has 3 saturated heterocycles. The predicted molar refractivity (Wildman–Crippen MR) is 90.3 cm³/mol. The van der Waals surface area contributed by atoms with Crippen molar-refractivity contribution in [3.63, 3.8) is 0 Å². The minimum Gasteiger partial charge on any atom is -0.465 e. The Kier molecular flexibility index (Phi) is 4.95. The number of carbonyl (C=O) groups excluding carboxylic acids is 1. The molecule has 4 heterocycles. The third-order valence-electron chi connectivity index (χ3n) is 5.05. The quantitative estimate of drug-likeness (QED) is 0.857. The van der Waals surface area contributed by atoms with Crippen molar-refractivity contribution in [2.75, 3.05) is 33.7 Å². The Morgan fingerprint density at radius 1 is 1.22 bits per heavy atom. The first-order valence-electron chi connectivity index (χ1n) is 8.84. The molecule has 0 aromatic carbocycles. The van der Waals surface area contributed by atoms with Crippen molar-refractivity contribution < 1.29 is 9.21 Å². The fraction of sp³-hybridized carbons (Fsp3) is 0.722. The average molecular weight is 319 g/mol. The SMILES string of the molecule is CCCc1ccc(CN2C[C@H]3CC[C@@H]2CN(C(=O)N(C)C)C3)o1. The minimum atomic E-state index is 0.145. The molecule has 0 aliphatic carbocycles. The van der Waals surface area contributed by atoms with E-state index < -0.39 is 0 Å². The second-order valence-corrected chi connectivity index (χ2v) is 7.23. The lowest BCUT2D eigenvalue weighted by Crippen LogP contribution is -2.45. The summed E-state index contributed by atoms with van der Waals surface area (Å²) < 4.78 is 5.96. The van der Waals surface area contributed by atoms with E-state index >= 15 is 0 Å². The first kappa shape index (κ1) is 16.4. The standard InChI is InChI=1S/C18H29N3O2/c1-4-5-16-8-9-17(23-16)13-20-10-14-6-7-15(20)12-21(11-14)18(22)19(2)3/h8-9,14-15H,4-7,10-13H2,1-3H3/t14-,15-/m1/s1. The maximum atomic E-state index is 12.3. The van der Waals surface area contributed by atoms with Gasteiger partial charge < -0.3 is 14.2 Å². The summed E-state index contributed by atoms with van der Waals surface area (Å²) in [4.78, 5) is 18.6. The van der Waals surface area contributed by atoms with Crippen LogP contribution in [0.5, 0.6) is 0 Å². The zero-order chi connectivity index (χ0) is 16.4. The van der Waals surface area contributed by atoms with Gasteiger partial charge in [0.2, 0.25) is 0 Å². The Labute approximate surface area is 139 Å². The molecular formula is C18H29N3O2. The number of fused-ring (bicyclic) bond motifs is 4. The molecule has 2 atom stereocenters. The van der Waals surface area contributed by atoms with E-state index in [9.17, 15) is 4.79 Å². The molecule has 0 spiro atoms. The van der Waals surface area contributed by atoms with Crippen LogP contribution in [0.1, 0.15) is 37.7 Å². The van der Waals surface area contributed by atoms with Gasteiger partial charge in [-0.1, -0.05) is 6.92 Å². The van der Waals surface area contributed by atoms with Crippen LogP contribution in [0.4, 0.5) is 4.79 Å². The van der Waals surface area contributed by atoms with E-state index in [0.29, 0.717) is 12.0 Å². The fourth-order valence-electron chi connectivity index (χ4n) is 3.90. The van der Waals surface area contributed by atoms with E-state index in [2.05, 4.69) is 24.0 Å². The molecule has 0 N–H and O–H groups in total. The van der Waals surface area contributed by atoms with E-state index in [0.717, 1.165) is 50.5 Å². The summed E-state index contributed by atoms with van der Waals surface area (Å²) in [5.74, 6) is 2.74. The molecule has 2 bridgehead atoms. The highest BCUT2D eigenvalue weighted by Crippen LogP contribution is 2.30. The third kappa shape index (κ3) is 3.71. The monoisotopic (exact) mass is 319 g/mol. The summed E-state index contributed by atoms with van der Waals surface area (Å²) >= 11 is 0. The zero-order valence-electron chi connectivity index (χ0n) is 14.6. The van der Waals surface area contributed by atoms with Crippen LogP contribution >= 0.6 is 0 Å². The van der Waals surface area contributed by atoms with Crippen LogP contribution in [0.15, 0.2) is 16.5 Å². The molecule has 0 saturated carbocycles. The molecule has 1 aromatic heterocycles. The molecule has 0 radical (unpaired) electrons. The topological polar surface area (TPSA) is 39.9 Å². The molecule has 3 aliphatic rings. The van der Waals surface area contributed by atoms with Crippen molar-refractivity contribution in [3.05, 3.63) is 23.7 Å².